The Labute approximate surface area is 122 Å². The smallest absolute Gasteiger partial charge is 0.250 e. The summed E-state index contributed by atoms with van der Waals surface area (Å²) in [7, 11) is 0. The van der Waals surface area contributed by atoms with Crippen molar-refractivity contribution in [2.45, 2.75) is 65.5 Å². The van der Waals surface area contributed by atoms with E-state index >= 15 is 0 Å². The van der Waals surface area contributed by atoms with Gasteiger partial charge in [-0.3, -0.25) is 4.79 Å². The number of nitrogens with one attached hydrogen (secondary N) is 1. The number of pyridine rings is 1. The van der Waals surface area contributed by atoms with Crippen molar-refractivity contribution in [3.63, 3.8) is 0 Å². The summed E-state index contributed by atoms with van der Waals surface area (Å²) in [4.78, 5) is 11.7. The summed E-state index contributed by atoms with van der Waals surface area (Å²) in [5.74, 6) is 1.70. The van der Waals surface area contributed by atoms with E-state index in [-0.39, 0.29) is 5.56 Å². The molecule has 0 saturated heterocycles. The molecule has 1 aromatic rings. The molecule has 0 bridgehead atoms. The van der Waals surface area contributed by atoms with Gasteiger partial charge in [0.05, 0.1) is 5.69 Å². The first-order valence-corrected chi connectivity index (χ1v) is 8.07. The van der Waals surface area contributed by atoms with Crippen LogP contribution in [0.4, 0.5) is 5.69 Å². The molecule has 0 spiro atoms. The van der Waals surface area contributed by atoms with Crippen molar-refractivity contribution in [3.05, 3.63) is 28.7 Å². The predicted molar refractivity (Wildman–Crippen MR) is 85.2 cm³/mol. The lowest BCUT2D eigenvalue weighted by molar-refractivity contribution is 0.267. The molecule has 3 nitrogen and oxygen atoms in total. The van der Waals surface area contributed by atoms with Gasteiger partial charge in [0, 0.05) is 24.8 Å². The molecule has 2 rings (SSSR count). The van der Waals surface area contributed by atoms with Crippen LogP contribution in [0.5, 0.6) is 0 Å². The molecular formula is C17H28N2O. The minimum absolute atomic E-state index is 0.0981. The second-order valence-electron chi connectivity index (χ2n) is 6.45. The lowest BCUT2D eigenvalue weighted by Crippen LogP contribution is -2.28. The van der Waals surface area contributed by atoms with Crippen LogP contribution in [0.15, 0.2) is 23.1 Å². The van der Waals surface area contributed by atoms with Gasteiger partial charge in [0.1, 0.15) is 0 Å². The van der Waals surface area contributed by atoms with Crippen molar-refractivity contribution in [1.29, 1.82) is 0 Å². The van der Waals surface area contributed by atoms with E-state index in [1.807, 2.05) is 16.8 Å². The van der Waals surface area contributed by atoms with Crippen molar-refractivity contribution in [2.75, 3.05) is 5.32 Å². The van der Waals surface area contributed by atoms with Gasteiger partial charge in [0.2, 0.25) is 0 Å². The van der Waals surface area contributed by atoms with Crippen LogP contribution in [0.1, 0.15) is 52.9 Å². The fourth-order valence-corrected chi connectivity index (χ4v) is 3.20. The fourth-order valence-electron chi connectivity index (χ4n) is 3.20. The maximum Gasteiger partial charge on any atom is 0.250 e. The molecule has 1 aliphatic rings. The highest BCUT2D eigenvalue weighted by Crippen LogP contribution is 2.31. The summed E-state index contributed by atoms with van der Waals surface area (Å²) in [6.45, 7) is 7.56. The maximum atomic E-state index is 11.7. The maximum absolute atomic E-state index is 11.7. The first-order chi connectivity index (χ1) is 9.60. The van der Waals surface area contributed by atoms with Crippen LogP contribution in [0.2, 0.25) is 0 Å². The molecule has 1 aliphatic carbocycles. The van der Waals surface area contributed by atoms with Gasteiger partial charge in [0.25, 0.3) is 5.56 Å². The average molecular weight is 276 g/mol. The molecule has 0 aromatic carbocycles. The Morgan fingerprint density at radius 1 is 1.25 bits per heavy atom. The van der Waals surface area contributed by atoms with Gasteiger partial charge in [0.15, 0.2) is 0 Å². The second-order valence-corrected chi connectivity index (χ2v) is 6.45. The van der Waals surface area contributed by atoms with E-state index < -0.39 is 0 Å². The van der Waals surface area contributed by atoms with Crippen LogP contribution in [-0.2, 0) is 6.54 Å². The molecule has 0 unspecified atom stereocenters. The molecule has 112 valence electrons. The number of anilines is 1. The minimum Gasteiger partial charge on any atom is -0.381 e. The van der Waals surface area contributed by atoms with Crippen LogP contribution >= 0.6 is 0 Å². The van der Waals surface area contributed by atoms with E-state index in [1.54, 1.807) is 6.07 Å². The van der Waals surface area contributed by atoms with E-state index in [1.165, 1.54) is 25.7 Å². The normalized spacial score (nSPS) is 23.0. The van der Waals surface area contributed by atoms with Gasteiger partial charge in [-0.15, -0.1) is 0 Å². The van der Waals surface area contributed by atoms with Gasteiger partial charge in [-0.25, -0.2) is 0 Å². The monoisotopic (exact) mass is 276 g/mol. The summed E-state index contributed by atoms with van der Waals surface area (Å²) in [6.07, 6.45) is 8.10. The van der Waals surface area contributed by atoms with Gasteiger partial charge in [-0.1, -0.05) is 20.8 Å². The van der Waals surface area contributed by atoms with Gasteiger partial charge < -0.3 is 9.88 Å². The molecule has 20 heavy (non-hydrogen) atoms. The Bertz CT molecular complexity index is 470. The summed E-state index contributed by atoms with van der Waals surface area (Å²) >= 11 is 0. The molecule has 0 atom stereocenters. The highest BCUT2D eigenvalue weighted by molar-refractivity contribution is 5.41. The molecule has 0 aliphatic heterocycles. The summed E-state index contributed by atoms with van der Waals surface area (Å²) in [6, 6.07) is 4.17. The third kappa shape index (κ3) is 3.87. The molecule has 1 heterocycles. The Kier molecular flexibility index (Phi) is 5.27. The summed E-state index contributed by atoms with van der Waals surface area (Å²) < 4.78 is 1.81. The SMILES string of the molecule is CCCn1cc(NC2CCC(C(C)C)CC2)ccc1=O. The van der Waals surface area contributed by atoms with Crippen molar-refractivity contribution in [3.8, 4) is 0 Å². The largest absolute Gasteiger partial charge is 0.381 e. The Morgan fingerprint density at radius 2 is 1.95 bits per heavy atom. The number of hydrogen-bond acceptors (Lipinski definition) is 2. The van der Waals surface area contributed by atoms with E-state index in [2.05, 4.69) is 26.1 Å². The lowest BCUT2D eigenvalue weighted by Gasteiger charge is -2.31. The zero-order valence-corrected chi connectivity index (χ0v) is 13.1. The molecule has 0 amide bonds. The molecule has 0 radical (unpaired) electrons. The molecule has 1 fully saturated rings. The topological polar surface area (TPSA) is 34.0 Å². The Morgan fingerprint density at radius 3 is 2.55 bits per heavy atom. The number of nitrogens with zero attached hydrogens (tertiary/aromatic N) is 1. The Balaban J connectivity index is 1.94. The van der Waals surface area contributed by atoms with E-state index in [9.17, 15) is 4.79 Å². The van der Waals surface area contributed by atoms with Crippen molar-refractivity contribution in [2.24, 2.45) is 11.8 Å². The van der Waals surface area contributed by atoms with Crippen LogP contribution in [0.3, 0.4) is 0 Å². The van der Waals surface area contributed by atoms with E-state index in [0.29, 0.717) is 6.04 Å². The molecule has 1 aromatic heterocycles. The number of rotatable bonds is 5. The second kappa shape index (κ2) is 6.96. The Hall–Kier alpha value is -1.25. The summed E-state index contributed by atoms with van der Waals surface area (Å²) in [5.41, 5.74) is 1.19. The molecule has 1 saturated carbocycles. The van der Waals surface area contributed by atoms with E-state index in [0.717, 1.165) is 30.5 Å². The number of aryl methyl sites for hydroxylation is 1. The first kappa shape index (κ1) is 15.1. The highest BCUT2D eigenvalue weighted by atomic mass is 16.1. The highest BCUT2D eigenvalue weighted by Gasteiger charge is 2.23. The number of hydrogen-bond donors (Lipinski definition) is 1. The minimum atomic E-state index is 0.0981. The number of aromatic nitrogens is 1. The quantitative estimate of drug-likeness (QED) is 0.885. The third-order valence-electron chi connectivity index (χ3n) is 4.53. The first-order valence-electron chi connectivity index (χ1n) is 8.07. The lowest BCUT2D eigenvalue weighted by atomic mass is 9.79. The summed E-state index contributed by atoms with van der Waals surface area (Å²) in [5, 5.41) is 3.61. The van der Waals surface area contributed by atoms with Crippen LogP contribution in [0.25, 0.3) is 0 Å². The van der Waals surface area contributed by atoms with E-state index in [4.69, 9.17) is 0 Å². The van der Waals surface area contributed by atoms with Crippen molar-refractivity contribution >= 4 is 5.69 Å². The van der Waals surface area contributed by atoms with Crippen molar-refractivity contribution in [1.82, 2.24) is 4.57 Å². The van der Waals surface area contributed by atoms with Crippen LogP contribution < -0.4 is 10.9 Å². The zero-order valence-electron chi connectivity index (χ0n) is 13.1. The van der Waals surface area contributed by atoms with Crippen LogP contribution in [-0.4, -0.2) is 10.6 Å². The zero-order chi connectivity index (χ0) is 14.5. The van der Waals surface area contributed by atoms with Gasteiger partial charge in [-0.05, 0) is 50.0 Å². The fraction of sp³-hybridized carbons (Fsp3) is 0.706. The third-order valence-corrected chi connectivity index (χ3v) is 4.53. The molecule has 1 N–H and O–H groups in total. The van der Waals surface area contributed by atoms with Gasteiger partial charge in [-0.2, -0.15) is 0 Å². The standard InChI is InChI=1S/C17H28N2O/c1-4-11-19-12-16(9-10-17(19)20)18-15-7-5-14(6-8-15)13(2)3/h9-10,12-15,18H,4-8,11H2,1-3H3. The predicted octanol–water partition coefficient (Wildman–Crippen LogP) is 3.89. The van der Waals surface area contributed by atoms with Crippen molar-refractivity contribution < 1.29 is 0 Å². The molecule has 3 heteroatoms. The average Bonchev–Trinajstić information content (AvgIpc) is 2.43. The van der Waals surface area contributed by atoms with Gasteiger partial charge >= 0.3 is 0 Å². The molecular weight excluding hydrogens is 248 g/mol. The van der Waals surface area contributed by atoms with Crippen LogP contribution in [0, 0.1) is 11.8 Å².